The molecule has 3 heterocycles. The molecule has 0 bridgehead atoms. The number of methoxy groups -OCH3 is 1. The molecular formula is C24H25N5OS. The van der Waals surface area contributed by atoms with Gasteiger partial charge >= 0.3 is 0 Å². The average Bonchev–Trinajstić information content (AvgIpc) is 3.36. The lowest BCUT2D eigenvalue weighted by molar-refractivity contribution is 0.413. The van der Waals surface area contributed by atoms with Crippen molar-refractivity contribution in [1.29, 1.82) is 0 Å². The fourth-order valence-electron chi connectivity index (χ4n) is 3.96. The summed E-state index contributed by atoms with van der Waals surface area (Å²) in [5.74, 6) is 2.59. The predicted molar refractivity (Wildman–Crippen MR) is 129 cm³/mol. The van der Waals surface area contributed by atoms with Gasteiger partial charge in [0.2, 0.25) is 5.95 Å². The highest BCUT2D eigenvalue weighted by Gasteiger charge is 2.22. The Morgan fingerprint density at radius 2 is 1.68 bits per heavy atom. The fourth-order valence-corrected chi connectivity index (χ4v) is 4.61. The van der Waals surface area contributed by atoms with Gasteiger partial charge in [-0.2, -0.15) is 4.98 Å². The normalized spacial score (nSPS) is 14.1. The molecule has 1 N–H and O–H groups in total. The van der Waals surface area contributed by atoms with E-state index in [9.17, 15) is 0 Å². The van der Waals surface area contributed by atoms with E-state index in [-0.39, 0.29) is 0 Å². The molecule has 31 heavy (non-hydrogen) atoms. The van der Waals surface area contributed by atoms with Crippen molar-refractivity contribution >= 4 is 39.7 Å². The minimum absolute atomic E-state index is 0.764. The van der Waals surface area contributed by atoms with Crippen molar-refractivity contribution in [1.82, 2.24) is 9.97 Å². The summed E-state index contributed by atoms with van der Waals surface area (Å²) in [5.41, 5.74) is 2.11. The molecule has 1 fully saturated rings. The number of hydrogen-bond acceptors (Lipinski definition) is 7. The molecule has 1 aliphatic heterocycles. The van der Waals surface area contributed by atoms with Crippen LogP contribution in [0, 0.1) is 0 Å². The van der Waals surface area contributed by atoms with E-state index in [0.717, 1.165) is 66.8 Å². The Kier molecular flexibility index (Phi) is 5.58. The molecule has 0 aliphatic carbocycles. The van der Waals surface area contributed by atoms with E-state index in [1.807, 2.05) is 24.3 Å². The minimum atomic E-state index is 0.764. The second-order valence-electron chi connectivity index (χ2n) is 7.47. The lowest BCUT2D eigenvalue weighted by Crippen LogP contribution is -2.47. The molecule has 7 heteroatoms. The minimum Gasteiger partial charge on any atom is -0.495 e. The highest BCUT2D eigenvalue weighted by atomic mass is 32.1. The topological polar surface area (TPSA) is 53.5 Å². The van der Waals surface area contributed by atoms with Gasteiger partial charge in [0.25, 0.3) is 0 Å². The smallest absolute Gasteiger partial charge is 0.228 e. The van der Waals surface area contributed by atoms with E-state index in [0.29, 0.717) is 0 Å². The van der Waals surface area contributed by atoms with Crippen LogP contribution in [-0.2, 0) is 6.54 Å². The van der Waals surface area contributed by atoms with Gasteiger partial charge in [0.05, 0.1) is 24.9 Å². The van der Waals surface area contributed by atoms with Crippen molar-refractivity contribution < 1.29 is 4.74 Å². The van der Waals surface area contributed by atoms with Crippen LogP contribution in [0.2, 0.25) is 0 Å². The molecule has 4 aromatic rings. The number of piperazine rings is 1. The number of nitrogens with one attached hydrogen (secondary N) is 1. The maximum atomic E-state index is 5.54. The first-order chi connectivity index (χ1) is 15.3. The van der Waals surface area contributed by atoms with Gasteiger partial charge in [0, 0.05) is 36.4 Å². The Morgan fingerprint density at radius 3 is 2.48 bits per heavy atom. The highest BCUT2D eigenvalue weighted by molar-refractivity contribution is 7.09. The first-order valence-corrected chi connectivity index (χ1v) is 11.4. The maximum Gasteiger partial charge on any atom is 0.228 e. The van der Waals surface area contributed by atoms with Crippen molar-refractivity contribution in [2.45, 2.75) is 6.54 Å². The van der Waals surface area contributed by atoms with Crippen molar-refractivity contribution in [2.75, 3.05) is 48.4 Å². The van der Waals surface area contributed by atoms with Gasteiger partial charge in [-0.15, -0.1) is 11.3 Å². The summed E-state index contributed by atoms with van der Waals surface area (Å²) in [4.78, 5) is 15.7. The largest absolute Gasteiger partial charge is 0.495 e. The van der Waals surface area contributed by atoms with Gasteiger partial charge in [-0.25, -0.2) is 4.98 Å². The quantitative estimate of drug-likeness (QED) is 0.480. The summed E-state index contributed by atoms with van der Waals surface area (Å²) in [6.07, 6.45) is 0. The van der Waals surface area contributed by atoms with Gasteiger partial charge in [-0.1, -0.05) is 30.3 Å². The maximum absolute atomic E-state index is 5.54. The number of thiophene rings is 1. The van der Waals surface area contributed by atoms with E-state index < -0.39 is 0 Å². The Hall–Kier alpha value is -3.32. The number of anilines is 3. The molecule has 158 valence electrons. The number of benzene rings is 2. The molecular weight excluding hydrogens is 406 g/mol. The van der Waals surface area contributed by atoms with Gasteiger partial charge in [0.1, 0.15) is 11.6 Å². The molecule has 0 amide bonds. The molecule has 0 saturated carbocycles. The van der Waals surface area contributed by atoms with Crippen LogP contribution in [-0.4, -0.2) is 43.3 Å². The number of fused-ring (bicyclic) bond motifs is 1. The highest BCUT2D eigenvalue weighted by Crippen LogP contribution is 2.30. The molecule has 2 aromatic heterocycles. The second kappa shape index (κ2) is 8.81. The molecule has 5 rings (SSSR count). The zero-order chi connectivity index (χ0) is 21.0. The molecule has 6 nitrogen and oxygen atoms in total. The van der Waals surface area contributed by atoms with Crippen molar-refractivity contribution in [3.05, 3.63) is 70.9 Å². The summed E-state index contributed by atoms with van der Waals surface area (Å²) in [5, 5.41) is 6.68. The lowest BCUT2D eigenvalue weighted by atomic mass is 10.2. The first-order valence-electron chi connectivity index (χ1n) is 10.5. The van der Waals surface area contributed by atoms with Crippen molar-refractivity contribution in [3.8, 4) is 5.75 Å². The van der Waals surface area contributed by atoms with Crippen LogP contribution in [0.15, 0.2) is 66.0 Å². The van der Waals surface area contributed by atoms with E-state index >= 15 is 0 Å². The molecule has 0 unspecified atom stereocenters. The monoisotopic (exact) mass is 431 g/mol. The second-order valence-corrected chi connectivity index (χ2v) is 8.50. The standard InChI is InChI=1S/C24H25N5OS/c1-30-22-11-5-4-10-21(22)28-12-14-29(15-13-28)24-26-20-9-3-2-8-19(20)23(27-24)25-17-18-7-6-16-31-18/h2-11,16H,12-15,17H2,1H3,(H,25,26,27). The van der Waals surface area contributed by atoms with Crippen LogP contribution in [0.1, 0.15) is 4.88 Å². The van der Waals surface area contributed by atoms with Crippen LogP contribution in [0.5, 0.6) is 5.75 Å². The molecule has 1 saturated heterocycles. The molecule has 0 atom stereocenters. The summed E-state index contributed by atoms with van der Waals surface area (Å²) in [6, 6.07) is 20.6. The third-order valence-corrected chi connectivity index (χ3v) is 6.47. The van der Waals surface area contributed by atoms with Gasteiger partial charge < -0.3 is 19.9 Å². The summed E-state index contributed by atoms with van der Waals surface area (Å²) in [7, 11) is 1.72. The third kappa shape index (κ3) is 4.14. The van der Waals surface area contributed by atoms with E-state index in [4.69, 9.17) is 14.7 Å². The number of hydrogen-bond donors (Lipinski definition) is 1. The lowest BCUT2D eigenvalue weighted by Gasteiger charge is -2.36. The van der Waals surface area contributed by atoms with Crippen molar-refractivity contribution in [2.24, 2.45) is 0 Å². The van der Waals surface area contributed by atoms with Crippen LogP contribution >= 0.6 is 11.3 Å². The zero-order valence-electron chi connectivity index (χ0n) is 17.5. The van der Waals surface area contributed by atoms with E-state index in [2.05, 4.69) is 56.9 Å². The Balaban J connectivity index is 1.36. The van der Waals surface area contributed by atoms with Crippen LogP contribution in [0.25, 0.3) is 10.9 Å². The molecule has 1 aliphatic rings. The van der Waals surface area contributed by atoms with Crippen molar-refractivity contribution in [3.63, 3.8) is 0 Å². The van der Waals surface area contributed by atoms with Crippen LogP contribution < -0.4 is 19.9 Å². The number of aromatic nitrogens is 2. The number of ether oxygens (including phenoxy) is 1. The Bertz CT molecular complexity index is 1160. The summed E-state index contributed by atoms with van der Waals surface area (Å²) < 4.78 is 5.54. The van der Waals surface area contributed by atoms with Crippen LogP contribution in [0.3, 0.4) is 0 Å². The molecule has 2 aromatic carbocycles. The average molecular weight is 432 g/mol. The zero-order valence-corrected chi connectivity index (χ0v) is 18.3. The summed E-state index contributed by atoms with van der Waals surface area (Å²) >= 11 is 1.75. The Morgan fingerprint density at radius 1 is 0.903 bits per heavy atom. The SMILES string of the molecule is COc1ccccc1N1CCN(c2nc(NCc3cccs3)c3ccccc3n2)CC1. The van der Waals surface area contributed by atoms with E-state index in [1.54, 1.807) is 18.4 Å². The fraction of sp³-hybridized carbons (Fsp3) is 0.250. The summed E-state index contributed by atoms with van der Waals surface area (Å²) in [6.45, 7) is 4.28. The Labute approximate surface area is 186 Å². The van der Waals surface area contributed by atoms with Gasteiger partial charge in [-0.05, 0) is 35.7 Å². The third-order valence-electron chi connectivity index (χ3n) is 5.59. The number of para-hydroxylation sites is 3. The number of rotatable bonds is 6. The number of nitrogens with zero attached hydrogens (tertiary/aromatic N) is 4. The molecule has 0 spiro atoms. The molecule has 0 radical (unpaired) electrons. The van der Waals surface area contributed by atoms with Gasteiger partial charge in [0.15, 0.2) is 0 Å². The van der Waals surface area contributed by atoms with Crippen LogP contribution in [0.4, 0.5) is 17.5 Å². The van der Waals surface area contributed by atoms with Gasteiger partial charge in [-0.3, -0.25) is 0 Å². The first kappa shape index (κ1) is 19.6. The predicted octanol–water partition coefficient (Wildman–Crippen LogP) is 4.64. The van der Waals surface area contributed by atoms with E-state index in [1.165, 1.54) is 4.88 Å².